The van der Waals surface area contributed by atoms with E-state index in [4.69, 9.17) is 0 Å². The summed E-state index contributed by atoms with van der Waals surface area (Å²) in [6, 6.07) is 6.36. The van der Waals surface area contributed by atoms with Gasteiger partial charge in [-0.1, -0.05) is 41.0 Å². The lowest BCUT2D eigenvalue weighted by Crippen LogP contribution is -2.46. The second-order valence-electron chi connectivity index (χ2n) is 8.72. The zero-order valence-electron chi connectivity index (χ0n) is 16.7. The minimum absolute atomic E-state index is 0.197. The Kier molecular flexibility index (Phi) is 5.88. The van der Waals surface area contributed by atoms with Crippen LogP contribution in [0.5, 0.6) is 0 Å². The number of carbonyl (C=O) groups excluding carboxylic acids is 4. The Balaban J connectivity index is 2.21. The van der Waals surface area contributed by atoms with Crippen LogP contribution in [0.1, 0.15) is 60.3 Å². The first-order chi connectivity index (χ1) is 12.5. The highest BCUT2D eigenvalue weighted by atomic mass is 16.2. The number of benzene rings is 1. The molecule has 0 N–H and O–H groups in total. The van der Waals surface area contributed by atoms with Crippen molar-refractivity contribution in [3.05, 3.63) is 24.3 Å². The average molecular weight is 372 g/mol. The summed E-state index contributed by atoms with van der Waals surface area (Å²) in [4.78, 5) is 51.0. The Morgan fingerprint density at radius 3 is 2.11 bits per heavy atom. The molecule has 1 saturated heterocycles. The van der Waals surface area contributed by atoms with E-state index in [1.807, 2.05) is 34.6 Å². The third-order valence-electron chi connectivity index (χ3n) is 5.11. The van der Waals surface area contributed by atoms with Gasteiger partial charge in [0.05, 0.1) is 11.4 Å². The zero-order chi connectivity index (χ0) is 20.4. The topological polar surface area (TPSA) is 74.8 Å². The molecule has 146 valence electrons. The highest BCUT2D eigenvalue weighted by Gasteiger charge is 2.38. The van der Waals surface area contributed by atoms with Crippen molar-refractivity contribution in [3.8, 4) is 0 Å². The van der Waals surface area contributed by atoms with Crippen molar-refractivity contribution in [2.75, 3.05) is 9.80 Å². The summed E-state index contributed by atoms with van der Waals surface area (Å²) in [5.74, 6) is -0.759. The first kappa shape index (κ1) is 20.8. The van der Waals surface area contributed by atoms with E-state index >= 15 is 0 Å². The molecule has 1 fully saturated rings. The van der Waals surface area contributed by atoms with Crippen LogP contribution in [-0.4, -0.2) is 24.1 Å². The minimum atomic E-state index is -0.336. The number of carbonyl (C=O) groups is 4. The molecule has 0 aromatic heterocycles. The lowest BCUT2D eigenvalue weighted by Gasteiger charge is -2.34. The molecule has 0 radical (unpaired) electrons. The molecule has 4 amide bonds. The summed E-state index contributed by atoms with van der Waals surface area (Å²) in [6.07, 6.45) is 2.17. The van der Waals surface area contributed by atoms with Gasteiger partial charge in [0.25, 0.3) is 0 Å². The molecule has 0 saturated carbocycles. The van der Waals surface area contributed by atoms with E-state index in [9.17, 15) is 19.2 Å². The fraction of sp³-hybridized carbons (Fsp3) is 0.524. The lowest BCUT2D eigenvalue weighted by atomic mass is 9.81. The van der Waals surface area contributed by atoms with Gasteiger partial charge in [0.2, 0.25) is 24.1 Å². The normalized spacial score (nSPS) is 17.0. The summed E-state index contributed by atoms with van der Waals surface area (Å²) in [5.41, 5.74) is 0.342. The van der Waals surface area contributed by atoms with Gasteiger partial charge >= 0.3 is 0 Å². The van der Waals surface area contributed by atoms with Crippen molar-refractivity contribution < 1.29 is 19.2 Å². The highest BCUT2D eigenvalue weighted by molar-refractivity contribution is 6.17. The first-order valence-corrected chi connectivity index (χ1v) is 9.23. The van der Waals surface area contributed by atoms with Crippen molar-refractivity contribution in [2.45, 2.75) is 60.3 Å². The van der Waals surface area contributed by atoms with E-state index in [-0.39, 0.29) is 35.0 Å². The molecule has 1 aromatic carbocycles. The molecule has 0 atom stereocenters. The zero-order valence-corrected chi connectivity index (χ0v) is 16.7. The van der Waals surface area contributed by atoms with Crippen LogP contribution in [0.2, 0.25) is 0 Å². The minimum Gasteiger partial charge on any atom is -0.278 e. The fourth-order valence-corrected chi connectivity index (χ4v) is 3.11. The molecule has 1 aliphatic heterocycles. The molecular formula is C21H28N2O4. The van der Waals surface area contributed by atoms with Crippen molar-refractivity contribution in [1.82, 2.24) is 0 Å². The highest BCUT2D eigenvalue weighted by Crippen LogP contribution is 2.34. The smallest absolute Gasteiger partial charge is 0.234 e. The van der Waals surface area contributed by atoms with E-state index in [1.165, 1.54) is 4.90 Å². The van der Waals surface area contributed by atoms with Crippen LogP contribution in [0.3, 0.4) is 0 Å². The predicted octanol–water partition coefficient (Wildman–Crippen LogP) is 3.68. The molecule has 0 aliphatic carbocycles. The molecule has 0 bridgehead atoms. The van der Waals surface area contributed by atoms with E-state index in [0.29, 0.717) is 30.6 Å². The second-order valence-corrected chi connectivity index (χ2v) is 8.72. The molecule has 0 spiro atoms. The van der Waals surface area contributed by atoms with E-state index < -0.39 is 0 Å². The Bertz CT molecular complexity index is 730. The van der Waals surface area contributed by atoms with Gasteiger partial charge in [-0.2, -0.15) is 0 Å². The maximum absolute atomic E-state index is 12.5. The number of imide groups is 2. The number of anilines is 2. The molecule has 2 rings (SSSR count). The molecule has 0 unspecified atom stereocenters. The maximum Gasteiger partial charge on any atom is 0.234 e. The summed E-state index contributed by atoms with van der Waals surface area (Å²) in [5, 5.41) is 0. The molecule has 6 nitrogen and oxygen atoms in total. The SMILES string of the molecule is CCC(C)(C)CC(=O)N(C=O)c1ccc(N2C(=O)CC(C)(C)CC2=O)cc1. The van der Waals surface area contributed by atoms with Gasteiger partial charge in [-0.15, -0.1) is 0 Å². The maximum atomic E-state index is 12.5. The number of hydrogen-bond acceptors (Lipinski definition) is 4. The van der Waals surface area contributed by atoms with Crippen molar-refractivity contribution in [1.29, 1.82) is 0 Å². The second kappa shape index (κ2) is 7.62. The van der Waals surface area contributed by atoms with Gasteiger partial charge in [0.1, 0.15) is 0 Å². The first-order valence-electron chi connectivity index (χ1n) is 9.23. The lowest BCUT2D eigenvalue weighted by molar-refractivity contribution is -0.133. The quantitative estimate of drug-likeness (QED) is 0.564. The molecular weight excluding hydrogens is 344 g/mol. The van der Waals surface area contributed by atoms with Gasteiger partial charge < -0.3 is 0 Å². The standard InChI is InChI=1S/C21H28N2O4/c1-6-20(2,3)11-17(25)22(14-24)15-7-9-16(10-8-15)23-18(26)12-21(4,5)13-19(23)27/h7-10,14H,6,11-13H2,1-5H3. The fourth-order valence-electron chi connectivity index (χ4n) is 3.11. The monoisotopic (exact) mass is 372 g/mol. The Morgan fingerprint density at radius 1 is 1.15 bits per heavy atom. The van der Waals surface area contributed by atoms with Crippen LogP contribution >= 0.6 is 0 Å². The Labute approximate surface area is 160 Å². The molecule has 1 aliphatic rings. The van der Waals surface area contributed by atoms with Gasteiger partial charge in [0.15, 0.2) is 0 Å². The van der Waals surface area contributed by atoms with Crippen molar-refractivity contribution in [3.63, 3.8) is 0 Å². The number of nitrogens with zero attached hydrogens (tertiary/aromatic N) is 2. The number of amides is 4. The van der Waals surface area contributed by atoms with Gasteiger partial charge in [0, 0.05) is 19.3 Å². The molecule has 1 aromatic rings. The van der Waals surface area contributed by atoms with Crippen LogP contribution in [-0.2, 0) is 19.2 Å². The van der Waals surface area contributed by atoms with Crippen LogP contribution in [0.4, 0.5) is 11.4 Å². The van der Waals surface area contributed by atoms with Gasteiger partial charge in [-0.3, -0.25) is 29.0 Å². The third kappa shape index (κ3) is 4.81. The van der Waals surface area contributed by atoms with Crippen molar-refractivity contribution >= 4 is 35.5 Å². The van der Waals surface area contributed by atoms with E-state index in [0.717, 1.165) is 11.3 Å². The molecule has 1 heterocycles. The Morgan fingerprint density at radius 2 is 1.67 bits per heavy atom. The van der Waals surface area contributed by atoms with Crippen LogP contribution < -0.4 is 9.80 Å². The molecule has 6 heteroatoms. The number of piperidine rings is 1. The van der Waals surface area contributed by atoms with Crippen molar-refractivity contribution in [2.24, 2.45) is 10.8 Å². The van der Waals surface area contributed by atoms with Gasteiger partial charge in [-0.05, 0) is 35.1 Å². The Hall–Kier alpha value is -2.50. The summed E-state index contributed by atoms with van der Waals surface area (Å²) < 4.78 is 0. The number of rotatable bonds is 6. The third-order valence-corrected chi connectivity index (χ3v) is 5.11. The summed E-state index contributed by atoms with van der Waals surface area (Å²) in [7, 11) is 0. The number of hydrogen-bond donors (Lipinski definition) is 0. The summed E-state index contributed by atoms with van der Waals surface area (Å²) >= 11 is 0. The van der Waals surface area contributed by atoms with E-state index in [2.05, 4.69) is 0 Å². The van der Waals surface area contributed by atoms with Crippen LogP contribution in [0, 0.1) is 10.8 Å². The van der Waals surface area contributed by atoms with Gasteiger partial charge in [-0.25, -0.2) is 0 Å². The van der Waals surface area contributed by atoms with Crippen LogP contribution in [0.25, 0.3) is 0 Å². The van der Waals surface area contributed by atoms with Crippen LogP contribution in [0.15, 0.2) is 24.3 Å². The largest absolute Gasteiger partial charge is 0.278 e. The average Bonchev–Trinajstić information content (AvgIpc) is 2.54. The predicted molar refractivity (Wildman–Crippen MR) is 104 cm³/mol. The van der Waals surface area contributed by atoms with E-state index in [1.54, 1.807) is 24.3 Å². The molecule has 27 heavy (non-hydrogen) atoms. The summed E-state index contributed by atoms with van der Waals surface area (Å²) in [6.45, 7) is 9.75.